The van der Waals surface area contributed by atoms with Gasteiger partial charge in [-0.25, -0.2) is 0 Å². The topological polar surface area (TPSA) is 62.8 Å². The molecule has 0 amide bonds. The quantitative estimate of drug-likeness (QED) is 0.590. The van der Waals surface area contributed by atoms with E-state index in [4.69, 9.17) is 19.2 Å². The van der Waals surface area contributed by atoms with Crippen LogP contribution in [0.3, 0.4) is 0 Å². The number of thioether (sulfide) groups is 1. The molecule has 0 aliphatic rings. The molecule has 0 bridgehead atoms. The van der Waals surface area contributed by atoms with Crippen molar-refractivity contribution in [3.05, 3.63) is 48.4 Å². The molecule has 0 unspecified atom stereocenters. The molecule has 6 heteroatoms. The van der Waals surface area contributed by atoms with Crippen LogP contribution in [0.15, 0.2) is 47.1 Å². The second kappa shape index (κ2) is 7.28. The molecule has 1 heterocycles. The second-order valence-electron chi connectivity index (χ2n) is 3.92. The summed E-state index contributed by atoms with van der Waals surface area (Å²) in [5, 5.41) is 17.9. The zero-order valence-corrected chi connectivity index (χ0v) is 11.2. The maximum atomic E-state index is 8.95. The summed E-state index contributed by atoms with van der Waals surface area (Å²) in [6, 6.07) is 10.6. The second-order valence-corrected chi connectivity index (χ2v) is 5.03. The molecule has 2 aromatic rings. The Morgan fingerprint density at radius 2 is 1.95 bits per heavy atom. The highest BCUT2D eigenvalue weighted by Crippen LogP contribution is 2.13. The van der Waals surface area contributed by atoms with Crippen LogP contribution in [-0.2, 0) is 5.75 Å². The van der Waals surface area contributed by atoms with Gasteiger partial charge in [-0.15, -0.1) is 0 Å². The third-order valence-corrected chi connectivity index (χ3v) is 3.44. The van der Waals surface area contributed by atoms with Crippen LogP contribution < -0.4 is 10.2 Å². The summed E-state index contributed by atoms with van der Waals surface area (Å²) < 4.78 is 10.8. The highest BCUT2D eigenvalue weighted by molar-refractivity contribution is 7.98. The molecule has 0 aliphatic carbocycles. The standard InChI is InChI=1S/C13H15BO4S/c15-14(16)11-3-5-12(6-4-11)18-8-9-19-10-13-2-1-7-17-13/h1-7,15-16H,8-10H2. The van der Waals surface area contributed by atoms with Gasteiger partial charge in [-0.3, -0.25) is 0 Å². The molecule has 19 heavy (non-hydrogen) atoms. The summed E-state index contributed by atoms with van der Waals surface area (Å²) in [6.45, 7) is 0.604. The van der Waals surface area contributed by atoms with Gasteiger partial charge in [0.1, 0.15) is 11.5 Å². The first-order valence-electron chi connectivity index (χ1n) is 5.95. The first kappa shape index (κ1) is 14.1. The third-order valence-electron chi connectivity index (χ3n) is 2.50. The number of hydrogen-bond acceptors (Lipinski definition) is 5. The Morgan fingerprint density at radius 1 is 1.16 bits per heavy atom. The predicted octanol–water partition coefficient (Wildman–Crippen LogP) is 1.27. The molecule has 4 nitrogen and oxygen atoms in total. The molecule has 0 spiro atoms. The molecule has 0 saturated heterocycles. The van der Waals surface area contributed by atoms with E-state index in [0.717, 1.165) is 23.0 Å². The van der Waals surface area contributed by atoms with E-state index in [1.54, 1.807) is 42.3 Å². The van der Waals surface area contributed by atoms with Crippen molar-refractivity contribution in [1.29, 1.82) is 0 Å². The minimum Gasteiger partial charge on any atom is -0.493 e. The van der Waals surface area contributed by atoms with Crippen molar-refractivity contribution in [3.8, 4) is 5.75 Å². The molecule has 1 aromatic carbocycles. The van der Waals surface area contributed by atoms with Crippen LogP contribution in [0.2, 0.25) is 0 Å². The first-order chi connectivity index (χ1) is 9.25. The van der Waals surface area contributed by atoms with Crippen molar-refractivity contribution >= 4 is 24.3 Å². The van der Waals surface area contributed by atoms with Crippen molar-refractivity contribution < 1.29 is 19.2 Å². The van der Waals surface area contributed by atoms with Crippen LogP contribution in [0.4, 0.5) is 0 Å². The summed E-state index contributed by atoms with van der Waals surface area (Å²) in [5.74, 6) is 3.39. The molecule has 0 radical (unpaired) electrons. The number of benzene rings is 1. The van der Waals surface area contributed by atoms with E-state index in [-0.39, 0.29) is 0 Å². The van der Waals surface area contributed by atoms with Gasteiger partial charge in [0.2, 0.25) is 0 Å². The Morgan fingerprint density at radius 3 is 2.58 bits per heavy atom. The normalized spacial score (nSPS) is 10.4. The molecule has 1 aromatic heterocycles. The van der Waals surface area contributed by atoms with Crippen molar-refractivity contribution in [2.45, 2.75) is 5.75 Å². The highest BCUT2D eigenvalue weighted by atomic mass is 32.2. The third kappa shape index (κ3) is 4.67. The fraction of sp³-hybridized carbons (Fsp3) is 0.231. The van der Waals surface area contributed by atoms with E-state index in [9.17, 15) is 0 Å². The first-order valence-corrected chi connectivity index (χ1v) is 7.10. The van der Waals surface area contributed by atoms with Crippen LogP contribution in [0.5, 0.6) is 5.75 Å². The number of furan rings is 1. The van der Waals surface area contributed by atoms with Gasteiger partial charge >= 0.3 is 7.12 Å². The van der Waals surface area contributed by atoms with E-state index < -0.39 is 7.12 Å². The van der Waals surface area contributed by atoms with E-state index >= 15 is 0 Å². The van der Waals surface area contributed by atoms with Crippen LogP contribution in [0, 0.1) is 0 Å². The van der Waals surface area contributed by atoms with Gasteiger partial charge in [-0.05, 0) is 29.7 Å². The fourth-order valence-corrected chi connectivity index (χ4v) is 2.23. The fourth-order valence-electron chi connectivity index (χ4n) is 1.52. The molecule has 0 aliphatic heterocycles. The van der Waals surface area contributed by atoms with Crippen LogP contribution in [0.1, 0.15) is 5.76 Å². The van der Waals surface area contributed by atoms with Crippen molar-refractivity contribution in [2.24, 2.45) is 0 Å². The zero-order chi connectivity index (χ0) is 13.5. The SMILES string of the molecule is OB(O)c1ccc(OCCSCc2ccco2)cc1. The Bertz CT molecular complexity index is 470. The van der Waals surface area contributed by atoms with Gasteiger partial charge < -0.3 is 19.2 Å². The average Bonchev–Trinajstić information content (AvgIpc) is 2.92. The molecule has 0 atom stereocenters. The highest BCUT2D eigenvalue weighted by Gasteiger charge is 2.09. The smallest absolute Gasteiger partial charge is 0.488 e. The van der Waals surface area contributed by atoms with Gasteiger partial charge in [0.05, 0.1) is 18.6 Å². The average molecular weight is 278 g/mol. The lowest BCUT2D eigenvalue weighted by molar-refractivity contribution is 0.344. The van der Waals surface area contributed by atoms with E-state index in [1.165, 1.54) is 0 Å². The molecular weight excluding hydrogens is 263 g/mol. The van der Waals surface area contributed by atoms with Crippen LogP contribution in [0.25, 0.3) is 0 Å². The van der Waals surface area contributed by atoms with Gasteiger partial charge in [0.15, 0.2) is 0 Å². The zero-order valence-electron chi connectivity index (χ0n) is 10.4. The lowest BCUT2D eigenvalue weighted by Crippen LogP contribution is -2.29. The lowest BCUT2D eigenvalue weighted by Gasteiger charge is -2.06. The molecule has 0 saturated carbocycles. The van der Waals surface area contributed by atoms with Crippen LogP contribution in [-0.4, -0.2) is 29.5 Å². The summed E-state index contributed by atoms with van der Waals surface area (Å²) in [5.41, 5.74) is 0.458. The van der Waals surface area contributed by atoms with Gasteiger partial charge in [0.25, 0.3) is 0 Å². The minimum atomic E-state index is -1.43. The summed E-state index contributed by atoms with van der Waals surface area (Å²) in [7, 11) is -1.43. The molecule has 2 rings (SSSR count). The maximum Gasteiger partial charge on any atom is 0.488 e. The monoisotopic (exact) mass is 278 g/mol. The molecule has 0 fully saturated rings. The van der Waals surface area contributed by atoms with Crippen molar-refractivity contribution in [3.63, 3.8) is 0 Å². The Balaban J connectivity index is 1.65. The van der Waals surface area contributed by atoms with E-state index in [0.29, 0.717) is 12.1 Å². The van der Waals surface area contributed by atoms with Gasteiger partial charge in [-0.1, -0.05) is 12.1 Å². The maximum absolute atomic E-state index is 8.95. The Kier molecular flexibility index (Phi) is 5.38. The van der Waals surface area contributed by atoms with Gasteiger partial charge in [-0.2, -0.15) is 11.8 Å². The Labute approximate surface area is 116 Å². The molecule has 2 N–H and O–H groups in total. The van der Waals surface area contributed by atoms with E-state index in [1.807, 2.05) is 12.1 Å². The Hall–Kier alpha value is -1.37. The van der Waals surface area contributed by atoms with E-state index in [2.05, 4.69) is 0 Å². The summed E-state index contributed by atoms with van der Waals surface area (Å²) in [4.78, 5) is 0. The molecule has 100 valence electrons. The largest absolute Gasteiger partial charge is 0.493 e. The summed E-state index contributed by atoms with van der Waals surface area (Å²) in [6.07, 6.45) is 1.67. The lowest BCUT2D eigenvalue weighted by atomic mass is 9.80. The summed E-state index contributed by atoms with van der Waals surface area (Å²) >= 11 is 1.74. The van der Waals surface area contributed by atoms with Crippen LogP contribution >= 0.6 is 11.8 Å². The van der Waals surface area contributed by atoms with Crippen molar-refractivity contribution in [2.75, 3.05) is 12.4 Å². The van der Waals surface area contributed by atoms with Crippen molar-refractivity contribution in [1.82, 2.24) is 0 Å². The number of ether oxygens (including phenoxy) is 1. The van der Waals surface area contributed by atoms with Gasteiger partial charge in [0, 0.05) is 5.75 Å². The predicted molar refractivity (Wildman–Crippen MR) is 76.6 cm³/mol. The number of hydrogen-bond donors (Lipinski definition) is 2. The number of rotatable bonds is 7. The molecular formula is C13H15BO4S. The minimum absolute atomic E-state index is 0.458.